The summed E-state index contributed by atoms with van der Waals surface area (Å²) in [4.78, 5) is 13.8. The van der Waals surface area contributed by atoms with Crippen LogP contribution in [-0.2, 0) is 16.1 Å². The van der Waals surface area contributed by atoms with Gasteiger partial charge < -0.3 is 15.4 Å². The van der Waals surface area contributed by atoms with E-state index in [1.165, 1.54) is 12.1 Å². The number of carbonyl (C=O) groups is 1. The molecule has 0 spiro atoms. The Morgan fingerprint density at radius 3 is 2.89 bits per heavy atom. The van der Waals surface area contributed by atoms with Crippen molar-refractivity contribution in [2.45, 2.75) is 25.4 Å². The molecule has 0 aromatic heterocycles. The summed E-state index contributed by atoms with van der Waals surface area (Å²) >= 11 is 0. The molecule has 2 rings (SSSR count). The van der Waals surface area contributed by atoms with Crippen LogP contribution in [0.15, 0.2) is 24.3 Å². The number of benzene rings is 1. The highest BCUT2D eigenvalue weighted by Crippen LogP contribution is 2.28. The summed E-state index contributed by atoms with van der Waals surface area (Å²) < 4.78 is 18.3. The lowest BCUT2D eigenvalue weighted by Gasteiger charge is -2.22. The van der Waals surface area contributed by atoms with Crippen LogP contribution in [0.3, 0.4) is 0 Å². The molecule has 0 bridgehead atoms. The fourth-order valence-corrected chi connectivity index (χ4v) is 1.96. The first kappa shape index (κ1) is 14.0. The summed E-state index contributed by atoms with van der Waals surface area (Å²) in [5.74, 6) is -0.333. The SMILES string of the molecule is NCCOCC(=O)N(Cc1cccc(F)c1)C1CC1. The van der Waals surface area contributed by atoms with Crippen LogP contribution in [0.25, 0.3) is 0 Å². The van der Waals surface area contributed by atoms with Crippen LogP contribution >= 0.6 is 0 Å². The van der Waals surface area contributed by atoms with Crippen molar-refractivity contribution in [2.75, 3.05) is 19.8 Å². The number of halogens is 1. The maximum absolute atomic E-state index is 13.1. The first-order chi connectivity index (χ1) is 9.20. The van der Waals surface area contributed by atoms with Crippen LogP contribution in [-0.4, -0.2) is 36.6 Å². The third-order valence-electron chi connectivity index (χ3n) is 3.04. The molecule has 1 aromatic rings. The van der Waals surface area contributed by atoms with Crippen LogP contribution in [0.2, 0.25) is 0 Å². The van der Waals surface area contributed by atoms with Crippen LogP contribution in [0.4, 0.5) is 4.39 Å². The maximum atomic E-state index is 13.1. The highest BCUT2D eigenvalue weighted by atomic mass is 19.1. The van der Waals surface area contributed by atoms with Crippen LogP contribution in [0.1, 0.15) is 18.4 Å². The quantitative estimate of drug-likeness (QED) is 0.757. The monoisotopic (exact) mass is 266 g/mol. The van der Waals surface area contributed by atoms with Crippen molar-refractivity contribution in [1.29, 1.82) is 0 Å². The molecular formula is C14H19FN2O2. The molecule has 0 saturated heterocycles. The van der Waals surface area contributed by atoms with Crippen molar-refractivity contribution < 1.29 is 13.9 Å². The molecule has 1 aliphatic carbocycles. The largest absolute Gasteiger partial charge is 0.370 e. The third-order valence-corrected chi connectivity index (χ3v) is 3.04. The summed E-state index contributed by atoms with van der Waals surface area (Å²) in [5, 5.41) is 0. The Labute approximate surface area is 112 Å². The number of hydrogen-bond donors (Lipinski definition) is 1. The fraction of sp³-hybridized carbons (Fsp3) is 0.500. The number of amides is 1. The van der Waals surface area contributed by atoms with Crippen molar-refractivity contribution in [3.05, 3.63) is 35.6 Å². The Kier molecular flexibility index (Phi) is 4.87. The van der Waals surface area contributed by atoms with Gasteiger partial charge in [-0.1, -0.05) is 12.1 Å². The zero-order chi connectivity index (χ0) is 13.7. The lowest BCUT2D eigenvalue weighted by Crippen LogP contribution is -2.35. The Morgan fingerprint density at radius 1 is 1.47 bits per heavy atom. The zero-order valence-electron chi connectivity index (χ0n) is 10.8. The van der Waals surface area contributed by atoms with E-state index in [1.807, 2.05) is 6.07 Å². The molecule has 1 amide bonds. The van der Waals surface area contributed by atoms with Crippen LogP contribution in [0, 0.1) is 5.82 Å². The molecule has 0 heterocycles. The van der Waals surface area contributed by atoms with Crippen LogP contribution in [0.5, 0.6) is 0 Å². The number of nitrogens with zero attached hydrogens (tertiary/aromatic N) is 1. The van der Waals surface area contributed by atoms with E-state index in [1.54, 1.807) is 11.0 Å². The highest BCUT2D eigenvalue weighted by molar-refractivity contribution is 5.78. The van der Waals surface area contributed by atoms with Crippen molar-refractivity contribution in [3.8, 4) is 0 Å². The fourth-order valence-electron chi connectivity index (χ4n) is 1.96. The Hall–Kier alpha value is -1.46. The minimum absolute atomic E-state index is 0.0447. The summed E-state index contributed by atoms with van der Waals surface area (Å²) in [5.41, 5.74) is 6.12. The second-order valence-electron chi connectivity index (χ2n) is 4.72. The minimum atomic E-state index is -0.278. The smallest absolute Gasteiger partial charge is 0.249 e. The van der Waals surface area contributed by atoms with E-state index in [0.717, 1.165) is 18.4 Å². The van der Waals surface area contributed by atoms with Gasteiger partial charge in [0.05, 0.1) is 6.61 Å². The average molecular weight is 266 g/mol. The maximum Gasteiger partial charge on any atom is 0.249 e. The van der Waals surface area contributed by atoms with Gasteiger partial charge in [-0.05, 0) is 30.5 Å². The third kappa shape index (κ3) is 4.29. The molecule has 104 valence electrons. The van der Waals surface area contributed by atoms with Gasteiger partial charge in [0, 0.05) is 19.1 Å². The number of nitrogens with two attached hydrogens (primary N) is 1. The average Bonchev–Trinajstić information content (AvgIpc) is 3.20. The summed E-state index contributed by atoms with van der Waals surface area (Å²) in [7, 11) is 0. The van der Waals surface area contributed by atoms with Gasteiger partial charge in [0.2, 0.25) is 5.91 Å². The van der Waals surface area contributed by atoms with Crippen molar-refractivity contribution in [2.24, 2.45) is 5.73 Å². The van der Waals surface area contributed by atoms with Gasteiger partial charge in [0.25, 0.3) is 0 Å². The normalized spacial score (nSPS) is 14.4. The lowest BCUT2D eigenvalue weighted by atomic mass is 10.2. The van der Waals surface area contributed by atoms with E-state index in [2.05, 4.69) is 0 Å². The van der Waals surface area contributed by atoms with E-state index in [-0.39, 0.29) is 24.4 Å². The van der Waals surface area contributed by atoms with Crippen LogP contribution < -0.4 is 5.73 Å². The number of ether oxygens (including phenoxy) is 1. The van der Waals surface area contributed by atoms with E-state index < -0.39 is 0 Å². The lowest BCUT2D eigenvalue weighted by molar-refractivity contribution is -0.137. The van der Waals surface area contributed by atoms with E-state index >= 15 is 0 Å². The summed E-state index contributed by atoms with van der Waals surface area (Å²) in [6.45, 7) is 1.26. The van der Waals surface area contributed by atoms with Gasteiger partial charge in [-0.25, -0.2) is 4.39 Å². The van der Waals surface area contributed by atoms with Gasteiger partial charge in [0.1, 0.15) is 12.4 Å². The van der Waals surface area contributed by atoms with E-state index in [0.29, 0.717) is 19.7 Å². The molecule has 0 atom stereocenters. The van der Waals surface area contributed by atoms with Crippen molar-refractivity contribution in [1.82, 2.24) is 4.90 Å². The van der Waals surface area contributed by atoms with Gasteiger partial charge in [-0.15, -0.1) is 0 Å². The predicted octanol–water partition coefficient (Wildman–Crippen LogP) is 1.29. The molecule has 19 heavy (non-hydrogen) atoms. The molecule has 1 saturated carbocycles. The molecule has 0 aliphatic heterocycles. The molecule has 4 nitrogen and oxygen atoms in total. The van der Waals surface area contributed by atoms with Gasteiger partial charge >= 0.3 is 0 Å². The number of hydrogen-bond acceptors (Lipinski definition) is 3. The van der Waals surface area contributed by atoms with E-state index in [4.69, 9.17) is 10.5 Å². The van der Waals surface area contributed by atoms with Crippen molar-refractivity contribution in [3.63, 3.8) is 0 Å². The molecule has 5 heteroatoms. The molecule has 0 unspecified atom stereocenters. The van der Waals surface area contributed by atoms with Gasteiger partial charge in [0.15, 0.2) is 0 Å². The topological polar surface area (TPSA) is 55.6 Å². The standard InChI is InChI=1S/C14H19FN2O2/c15-12-3-1-2-11(8-12)9-17(13-4-5-13)14(18)10-19-7-6-16/h1-3,8,13H,4-7,9-10,16H2. The molecule has 1 aliphatic rings. The number of rotatable bonds is 7. The molecule has 0 radical (unpaired) electrons. The summed E-state index contributed by atoms with van der Waals surface area (Å²) in [6, 6.07) is 6.62. The second-order valence-corrected chi connectivity index (χ2v) is 4.72. The first-order valence-electron chi connectivity index (χ1n) is 6.52. The Bertz CT molecular complexity index is 435. The predicted molar refractivity (Wildman–Crippen MR) is 69.8 cm³/mol. The van der Waals surface area contributed by atoms with Gasteiger partial charge in [-0.2, -0.15) is 0 Å². The highest BCUT2D eigenvalue weighted by Gasteiger charge is 2.32. The number of carbonyl (C=O) groups excluding carboxylic acids is 1. The molecule has 2 N–H and O–H groups in total. The van der Waals surface area contributed by atoms with E-state index in [9.17, 15) is 9.18 Å². The molecule has 1 fully saturated rings. The summed E-state index contributed by atoms with van der Waals surface area (Å²) in [6.07, 6.45) is 2.02. The van der Waals surface area contributed by atoms with Gasteiger partial charge in [-0.3, -0.25) is 4.79 Å². The second kappa shape index (κ2) is 6.63. The molecular weight excluding hydrogens is 247 g/mol. The molecule has 1 aromatic carbocycles. The minimum Gasteiger partial charge on any atom is -0.370 e. The Balaban J connectivity index is 1.94. The zero-order valence-corrected chi connectivity index (χ0v) is 10.8. The Morgan fingerprint density at radius 2 is 2.26 bits per heavy atom. The first-order valence-corrected chi connectivity index (χ1v) is 6.52. The van der Waals surface area contributed by atoms with Crippen molar-refractivity contribution >= 4 is 5.91 Å².